The quantitative estimate of drug-likeness (QED) is 0.478. The topological polar surface area (TPSA) is 69.4 Å². The Labute approximate surface area is 122 Å². The molecule has 2 rings (SSSR count). The minimum absolute atomic E-state index is 0.236. The number of benzene rings is 1. The molecule has 0 radical (unpaired) electrons. The lowest BCUT2D eigenvalue weighted by molar-refractivity contribution is -0.138. The van der Waals surface area contributed by atoms with Gasteiger partial charge in [-0.15, -0.1) is 10.2 Å². The first-order valence-electron chi connectivity index (χ1n) is 6.38. The molecule has 2 aromatic rings. The standard InChI is InChI=1S/C15H16N4O2/c1-4-15(20)21-8-14-6-11(2)13(5-12(14)3)7-18-19-9-16-17-10-19/h4-7,9-10H,1,8H2,2-3H3/b18-7+. The van der Waals surface area contributed by atoms with E-state index in [2.05, 4.69) is 21.9 Å². The van der Waals surface area contributed by atoms with Crippen LogP contribution < -0.4 is 0 Å². The average molecular weight is 284 g/mol. The molecule has 0 N–H and O–H groups in total. The Morgan fingerprint density at radius 2 is 2.05 bits per heavy atom. The first-order chi connectivity index (χ1) is 10.1. The molecule has 6 nitrogen and oxygen atoms in total. The van der Waals surface area contributed by atoms with E-state index in [1.54, 1.807) is 6.21 Å². The number of rotatable bonds is 5. The van der Waals surface area contributed by atoms with Crippen molar-refractivity contribution in [2.45, 2.75) is 20.5 Å². The lowest BCUT2D eigenvalue weighted by atomic mass is 10.0. The highest BCUT2D eigenvalue weighted by atomic mass is 16.5. The summed E-state index contributed by atoms with van der Waals surface area (Å²) in [6.07, 6.45) is 5.93. The number of hydrogen-bond acceptors (Lipinski definition) is 5. The van der Waals surface area contributed by atoms with Gasteiger partial charge in [0, 0.05) is 6.08 Å². The first-order valence-corrected chi connectivity index (χ1v) is 6.38. The van der Waals surface area contributed by atoms with Gasteiger partial charge in [0.05, 0.1) is 6.21 Å². The second-order valence-electron chi connectivity index (χ2n) is 4.53. The summed E-state index contributed by atoms with van der Waals surface area (Å²) in [7, 11) is 0. The van der Waals surface area contributed by atoms with Gasteiger partial charge in [-0.3, -0.25) is 0 Å². The lowest BCUT2D eigenvalue weighted by Crippen LogP contribution is -2.03. The van der Waals surface area contributed by atoms with Crippen molar-refractivity contribution >= 4 is 12.2 Å². The van der Waals surface area contributed by atoms with Gasteiger partial charge in [-0.25, -0.2) is 9.47 Å². The van der Waals surface area contributed by atoms with Crippen molar-refractivity contribution in [1.29, 1.82) is 0 Å². The van der Waals surface area contributed by atoms with E-state index in [4.69, 9.17) is 4.74 Å². The fourth-order valence-corrected chi connectivity index (χ4v) is 1.78. The van der Waals surface area contributed by atoms with Crippen molar-refractivity contribution in [2.75, 3.05) is 0 Å². The number of hydrogen-bond donors (Lipinski definition) is 0. The number of carbonyl (C=O) groups excluding carboxylic acids is 1. The summed E-state index contributed by atoms with van der Waals surface area (Å²) in [5.41, 5.74) is 4.02. The van der Waals surface area contributed by atoms with Gasteiger partial charge in [-0.2, -0.15) is 5.10 Å². The Balaban J connectivity index is 2.16. The van der Waals surface area contributed by atoms with Crippen LogP contribution in [-0.4, -0.2) is 27.1 Å². The zero-order valence-corrected chi connectivity index (χ0v) is 12.0. The molecule has 0 saturated carbocycles. The molecule has 0 aliphatic heterocycles. The predicted octanol–water partition coefficient (Wildman–Crippen LogP) is 2.01. The molecule has 0 amide bonds. The second-order valence-corrected chi connectivity index (χ2v) is 4.53. The zero-order chi connectivity index (χ0) is 15.2. The van der Waals surface area contributed by atoms with E-state index < -0.39 is 5.97 Å². The highest BCUT2D eigenvalue weighted by molar-refractivity contribution is 5.82. The first kappa shape index (κ1) is 14.6. The van der Waals surface area contributed by atoms with Crippen LogP contribution >= 0.6 is 0 Å². The smallest absolute Gasteiger partial charge is 0.330 e. The molecule has 0 aliphatic rings. The van der Waals surface area contributed by atoms with E-state index in [0.29, 0.717) is 0 Å². The third kappa shape index (κ3) is 3.85. The minimum atomic E-state index is -0.426. The monoisotopic (exact) mass is 284 g/mol. The summed E-state index contributed by atoms with van der Waals surface area (Å²) in [4.78, 5) is 11.1. The fraction of sp³-hybridized carbons (Fsp3) is 0.200. The summed E-state index contributed by atoms with van der Waals surface area (Å²) < 4.78 is 6.58. The van der Waals surface area contributed by atoms with Crippen LogP contribution in [0.15, 0.2) is 42.5 Å². The number of esters is 1. The number of ether oxygens (including phenoxy) is 1. The number of aryl methyl sites for hydroxylation is 2. The molecule has 0 atom stereocenters. The maximum absolute atomic E-state index is 11.1. The molecule has 0 aliphatic carbocycles. The third-order valence-electron chi connectivity index (χ3n) is 3.00. The van der Waals surface area contributed by atoms with E-state index in [-0.39, 0.29) is 6.61 Å². The Bertz CT molecular complexity index is 675. The molecule has 0 spiro atoms. The number of nitrogens with zero attached hydrogens (tertiary/aromatic N) is 4. The highest BCUT2D eigenvalue weighted by Crippen LogP contribution is 2.16. The van der Waals surface area contributed by atoms with Crippen LogP contribution in [0.5, 0.6) is 0 Å². The van der Waals surface area contributed by atoms with Crippen molar-refractivity contribution in [2.24, 2.45) is 5.10 Å². The Hall–Kier alpha value is -2.76. The van der Waals surface area contributed by atoms with Crippen molar-refractivity contribution in [3.05, 3.63) is 59.7 Å². The van der Waals surface area contributed by atoms with E-state index in [0.717, 1.165) is 28.3 Å². The van der Waals surface area contributed by atoms with Gasteiger partial charge in [0.25, 0.3) is 0 Å². The lowest BCUT2D eigenvalue weighted by Gasteiger charge is -2.10. The highest BCUT2D eigenvalue weighted by Gasteiger charge is 2.05. The molecule has 0 bridgehead atoms. The van der Waals surface area contributed by atoms with Crippen LogP contribution in [0.3, 0.4) is 0 Å². The second kappa shape index (κ2) is 6.60. The van der Waals surface area contributed by atoms with Crippen LogP contribution in [0.1, 0.15) is 22.3 Å². The Morgan fingerprint density at radius 1 is 1.33 bits per heavy atom. The van der Waals surface area contributed by atoms with Gasteiger partial charge >= 0.3 is 5.97 Å². The van der Waals surface area contributed by atoms with Crippen molar-refractivity contribution in [3.8, 4) is 0 Å². The van der Waals surface area contributed by atoms with Crippen molar-refractivity contribution in [3.63, 3.8) is 0 Å². The SMILES string of the molecule is C=CC(=O)OCc1cc(C)c(/C=N/n2cnnc2)cc1C. The summed E-state index contributed by atoms with van der Waals surface area (Å²) in [6.45, 7) is 7.55. The maximum atomic E-state index is 11.1. The Kier molecular flexibility index (Phi) is 4.61. The normalized spacial score (nSPS) is 10.8. The molecule has 21 heavy (non-hydrogen) atoms. The zero-order valence-electron chi connectivity index (χ0n) is 12.0. The van der Waals surface area contributed by atoms with Gasteiger partial charge in [0.1, 0.15) is 19.3 Å². The maximum Gasteiger partial charge on any atom is 0.330 e. The van der Waals surface area contributed by atoms with Crippen LogP contribution in [0.4, 0.5) is 0 Å². The predicted molar refractivity (Wildman–Crippen MR) is 78.9 cm³/mol. The summed E-state index contributed by atoms with van der Waals surface area (Å²) >= 11 is 0. The van der Waals surface area contributed by atoms with Gasteiger partial charge in [-0.05, 0) is 42.2 Å². The van der Waals surface area contributed by atoms with E-state index >= 15 is 0 Å². The van der Waals surface area contributed by atoms with Crippen LogP contribution in [0, 0.1) is 13.8 Å². The molecule has 0 fully saturated rings. The van der Waals surface area contributed by atoms with Crippen molar-refractivity contribution < 1.29 is 9.53 Å². The van der Waals surface area contributed by atoms with E-state index in [1.807, 2.05) is 26.0 Å². The van der Waals surface area contributed by atoms with Gasteiger partial charge in [0.2, 0.25) is 0 Å². The summed E-state index contributed by atoms with van der Waals surface area (Å²) in [5, 5.41) is 11.6. The molecular weight excluding hydrogens is 268 g/mol. The minimum Gasteiger partial charge on any atom is -0.458 e. The molecule has 0 saturated heterocycles. The summed E-state index contributed by atoms with van der Waals surface area (Å²) in [5.74, 6) is -0.426. The van der Waals surface area contributed by atoms with E-state index in [9.17, 15) is 4.79 Å². The molecule has 1 aromatic heterocycles. The Morgan fingerprint density at radius 3 is 2.71 bits per heavy atom. The summed E-state index contributed by atoms with van der Waals surface area (Å²) in [6, 6.07) is 3.99. The average Bonchev–Trinajstić information content (AvgIpc) is 2.99. The molecule has 1 aromatic carbocycles. The van der Waals surface area contributed by atoms with Gasteiger partial charge < -0.3 is 4.74 Å². The van der Waals surface area contributed by atoms with Crippen molar-refractivity contribution in [1.82, 2.24) is 14.9 Å². The molecule has 108 valence electrons. The fourth-order valence-electron chi connectivity index (χ4n) is 1.78. The largest absolute Gasteiger partial charge is 0.458 e. The van der Waals surface area contributed by atoms with E-state index in [1.165, 1.54) is 17.3 Å². The molecule has 6 heteroatoms. The third-order valence-corrected chi connectivity index (χ3v) is 3.00. The van der Waals surface area contributed by atoms with Crippen LogP contribution in [0.2, 0.25) is 0 Å². The van der Waals surface area contributed by atoms with Gasteiger partial charge in [0.15, 0.2) is 0 Å². The number of carbonyl (C=O) groups is 1. The van der Waals surface area contributed by atoms with Crippen LogP contribution in [0.25, 0.3) is 0 Å². The van der Waals surface area contributed by atoms with Gasteiger partial charge in [-0.1, -0.05) is 12.6 Å². The number of aromatic nitrogens is 3. The molecule has 0 unspecified atom stereocenters. The molecule has 1 heterocycles. The molecular formula is C15H16N4O2. The van der Waals surface area contributed by atoms with Crippen LogP contribution in [-0.2, 0) is 16.1 Å².